The number of likely N-dealkylation sites (tertiary alicyclic amines) is 1. The van der Waals surface area contributed by atoms with Crippen molar-refractivity contribution in [3.8, 4) is 0 Å². The summed E-state index contributed by atoms with van der Waals surface area (Å²) in [6, 6.07) is 0.503. The van der Waals surface area contributed by atoms with Crippen LogP contribution in [0.4, 0.5) is 16.3 Å². The molecule has 228 valence electrons. The van der Waals surface area contributed by atoms with Crippen molar-refractivity contribution in [1.82, 2.24) is 29.7 Å². The molecular formula is C32H47FN8O. The quantitative estimate of drug-likeness (QED) is 0.331. The normalized spacial score (nSPS) is 26.0. The molecule has 4 aliphatic rings. The minimum atomic E-state index is -0.248. The van der Waals surface area contributed by atoms with Crippen LogP contribution >= 0.6 is 0 Å². The Morgan fingerprint density at radius 3 is 2.55 bits per heavy atom. The molecule has 3 heterocycles. The Kier molecular flexibility index (Phi) is 9.37. The minimum absolute atomic E-state index is 0.0224. The van der Waals surface area contributed by atoms with Gasteiger partial charge in [-0.2, -0.15) is 4.98 Å². The van der Waals surface area contributed by atoms with E-state index in [0.29, 0.717) is 35.6 Å². The summed E-state index contributed by atoms with van der Waals surface area (Å²) in [5.74, 6) is 1.42. The van der Waals surface area contributed by atoms with Crippen LogP contribution in [0.5, 0.6) is 0 Å². The molecule has 9 nitrogen and oxygen atoms in total. The number of rotatable bonds is 9. The summed E-state index contributed by atoms with van der Waals surface area (Å²) in [7, 11) is 0. The highest BCUT2D eigenvalue weighted by molar-refractivity contribution is 5.79. The highest BCUT2D eigenvalue weighted by atomic mass is 19.1. The number of anilines is 2. The van der Waals surface area contributed by atoms with Crippen molar-refractivity contribution in [2.75, 3.05) is 36.8 Å². The van der Waals surface area contributed by atoms with Crippen molar-refractivity contribution in [2.45, 2.75) is 102 Å². The number of carbonyl (C=O) groups is 1. The smallest absolute Gasteiger partial charge is 0.224 e. The number of hydrogen-bond acceptors (Lipinski definition) is 7. The Morgan fingerprint density at radius 1 is 1.00 bits per heavy atom. The van der Waals surface area contributed by atoms with Crippen LogP contribution in [-0.4, -0.2) is 62.5 Å². The van der Waals surface area contributed by atoms with Crippen LogP contribution in [0.3, 0.4) is 0 Å². The van der Waals surface area contributed by atoms with E-state index in [1.807, 2.05) is 6.08 Å². The third-order valence-corrected chi connectivity index (χ3v) is 9.60. The number of nitrogens with one attached hydrogen (secondary N) is 3. The van der Waals surface area contributed by atoms with Crippen LogP contribution in [-0.2, 0) is 4.79 Å². The molecule has 0 aromatic carbocycles. The number of aromatic nitrogens is 4. The molecule has 1 unspecified atom stereocenters. The highest BCUT2D eigenvalue weighted by Crippen LogP contribution is 2.37. The summed E-state index contributed by atoms with van der Waals surface area (Å²) in [4.78, 5) is 29.9. The molecular weight excluding hydrogens is 531 g/mol. The molecule has 6 rings (SSSR count). The lowest BCUT2D eigenvalue weighted by molar-refractivity contribution is -0.126. The van der Waals surface area contributed by atoms with Crippen LogP contribution in [0.1, 0.15) is 96.4 Å². The molecule has 1 atom stereocenters. The number of hydrogen-bond donors (Lipinski definition) is 3. The Bertz CT molecular complexity index is 1280. The maximum Gasteiger partial charge on any atom is 0.224 e. The van der Waals surface area contributed by atoms with Gasteiger partial charge in [-0.25, -0.2) is 14.4 Å². The zero-order valence-corrected chi connectivity index (χ0v) is 25.1. The van der Waals surface area contributed by atoms with E-state index in [1.54, 1.807) is 12.3 Å². The van der Waals surface area contributed by atoms with Crippen LogP contribution in [0.15, 0.2) is 29.9 Å². The largest absolute Gasteiger partial charge is 0.355 e. The fraction of sp³-hybridized carbons (Fsp3) is 0.688. The SMILES string of the molecule is CC1C=C(Nc2nc3cnc(NC4CCCCC4)nc3n2C2CCC(C(=O)NCCN3CCCCC3)CC2)C(F)=CC1. The van der Waals surface area contributed by atoms with Crippen LogP contribution < -0.4 is 16.0 Å². The average molecular weight is 579 g/mol. The first-order valence-corrected chi connectivity index (χ1v) is 16.4. The number of imidazole rings is 1. The third kappa shape index (κ3) is 6.96. The molecule has 1 aliphatic heterocycles. The predicted octanol–water partition coefficient (Wildman–Crippen LogP) is 6.09. The molecule has 0 radical (unpaired) electrons. The summed E-state index contributed by atoms with van der Waals surface area (Å²) < 4.78 is 17.0. The second-order valence-corrected chi connectivity index (χ2v) is 12.9. The molecule has 3 N–H and O–H groups in total. The van der Waals surface area contributed by atoms with Crippen molar-refractivity contribution in [3.63, 3.8) is 0 Å². The number of allylic oxidation sites excluding steroid dienone is 3. The predicted molar refractivity (Wildman–Crippen MR) is 165 cm³/mol. The highest BCUT2D eigenvalue weighted by Gasteiger charge is 2.31. The molecule has 0 bridgehead atoms. The van der Waals surface area contributed by atoms with Gasteiger partial charge in [-0.1, -0.05) is 38.7 Å². The molecule has 2 saturated carbocycles. The Balaban J connectivity index is 1.17. The summed E-state index contributed by atoms with van der Waals surface area (Å²) in [5.41, 5.74) is 1.91. The third-order valence-electron chi connectivity index (χ3n) is 9.60. The number of fused-ring (bicyclic) bond motifs is 1. The monoisotopic (exact) mass is 578 g/mol. The fourth-order valence-corrected chi connectivity index (χ4v) is 7.14. The maximum absolute atomic E-state index is 14.8. The van der Waals surface area contributed by atoms with Gasteiger partial charge < -0.3 is 20.9 Å². The van der Waals surface area contributed by atoms with E-state index in [2.05, 4.69) is 37.3 Å². The van der Waals surface area contributed by atoms with Crippen molar-refractivity contribution < 1.29 is 9.18 Å². The van der Waals surface area contributed by atoms with Crippen molar-refractivity contribution in [1.29, 1.82) is 0 Å². The van der Waals surface area contributed by atoms with Gasteiger partial charge in [0, 0.05) is 31.1 Å². The van der Waals surface area contributed by atoms with Gasteiger partial charge in [0.1, 0.15) is 11.3 Å². The van der Waals surface area contributed by atoms with Crippen molar-refractivity contribution >= 4 is 29.0 Å². The summed E-state index contributed by atoms with van der Waals surface area (Å²) in [6.07, 6.45) is 19.2. The van der Waals surface area contributed by atoms with Crippen molar-refractivity contribution in [2.24, 2.45) is 11.8 Å². The van der Waals surface area contributed by atoms with Gasteiger partial charge in [-0.15, -0.1) is 0 Å². The average Bonchev–Trinajstić information content (AvgIpc) is 3.37. The van der Waals surface area contributed by atoms with E-state index >= 15 is 0 Å². The van der Waals surface area contributed by atoms with Gasteiger partial charge in [0.2, 0.25) is 17.8 Å². The number of piperidine rings is 1. The summed E-state index contributed by atoms with van der Waals surface area (Å²) in [6.45, 7) is 6.04. The molecule has 3 fully saturated rings. The lowest BCUT2D eigenvalue weighted by Crippen LogP contribution is -2.40. The molecule has 1 saturated heterocycles. The van der Waals surface area contributed by atoms with E-state index in [0.717, 1.165) is 70.4 Å². The summed E-state index contributed by atoms with van der Waals surface area (Å²) in [5, 5.41) is 10.1. The first kappa shape index (κ1) is 29.1. The standard InChI is InChI=1S/C32H47FN8O/c1-22-10-15-26(33)27(20-22)37-32-38-28-21-35-31(36-24-8-4-2-5-9-24)39-29(28)41(32)25-13-11-23(12-14-25)30(42)34-16-19-40-17-6-3-7-18-40/h15,20-25H,2-14,16-19H2,1H3,(H,34,42)(H,37,38)(H,35,36,39). The molecule has 2 aromatic heterocycles. The van der Waals surface area contributed by atoms with Crippen LogP contribution in [0.2, 0.25) is 0 Å². The second-order valence-electron chi connectivity index (χ2n) is 12.9. The van der Waals surface area contributed by atoms with E-state index < -0.39 is 0 Å². The molecule has 1 amide bonds. The molecule has 2 aromatic rings. The van der Waals surface area contributed by atoms with Gasteiger partial charge in [0.15, 0.2) is 5.65 Å². The number of nitrogens with zero attached hydrogens (tertiary/aromatic N) is 5. The van der Waals surface area contributed by atoms with Crippen LogP contribution in [0.25, 0.3) is 11.2 Å². The first-order valence-electron chi connectivity index (χ1n) is 16.4. The van der Waals surface area contributed by atoms with E-state index in [1.165, 1.54) is 38.5 Å². The number of carbonyl (C=O) groups excluding carboxylic acids is 1. The Morgan fingerprint density at radius 2 is 1.76 bits per heavy atom. The first-order chi connectivity index (χ1) is 20.5. The van der Waals surface area contributed by atoms with E-state index in [4.69, 9.17) is 9.97 Å². The van der Waals surface area contributed by atoms with Gasteiger partial charge in [0.25, 0.3) is 0 Å². The Hall–Kier alpha value is -3.01. The molecule has 42 heavy (non-hydrogen) atoms. The molecule has 0 spiro atoms. The second kappa shape index (κ2) is 13.5. The topological polar surface area (TPSA) is 100 Å². The zero-order valence-electron chi connectivity index (χ0n) is 25.1. The van der Waals surface area contributed by atoms with Gasteiger partial charge >= 0.3 is 0 Å². The van der Waals surface area contributed by atoms with Gasteiger partial charge in [-0.3, -0.25) is 9.36 Å². The molecule has 10 heteroatoms. The lowest BCUT2D eigenvalue weighted by atomic mass is 9.85. The van der Waals surface area contributed by atoms with Gasteiger partial charge in [-0.05, 0) is 82.9 Å². The lowest BCUT2D eigenvalue weighted by Gasteiger charge is -2.31. The van der Waals surface area contributed by atoms with Crippen LogP contribution in [0, 0.1) is 11.8 Å². The number of amides is 1. The van der Waals surface area contributed by atoms with Crippen molar-refractivity contribution in [3.05, 3.63) is 29.9 Å². The zero-order chi connectivity index (χ0) is 28.9. The minimum Gasteiger partial charge on any atom is -0.355 e. The Labute approximate surface area is 248 Å². The van der Waals surface area contributed by atoms with Gasteiger partial charge in [0.05, 0.1) is 11.9 Å². The maximum atomic E-state index is 14.8. The fourth-order valence-electron chi connectivity index (χ4n) is 7.14. The number of halogens is 1. The molecule has 3 aliphatic carbocycles. The van der Waals surface area contributed by atoms with E-state index in [-0.39, 0.29) is 29.6 Å². The summed E-state index contributed by atoms with van der Waals surface area (Å²) >= 11 is 0. The van der Waals surface area contributed by atoms with E-state index in [9.17, 15) is 9.18 Å².